The molecule has 10 heteroatoms. The minimum atomic E-state index is -1.32. The van der Waals surface area contributed by atoms with Gasteiger partial charge in [-0.3, -0.25) is 15.0 Å². The number of carboxylic acid groups (broad SMARTS) is 1. The van der Waals surface area contributed by atoms with Crippen LogP contribution in [0, 0.1) is 11.3 Å². The van der Waals surface area contributed by atoms with Crippen LogP contribution < -0.4 is 15.1 Å². The van der Waals surface area contributed by atoms with Crippen LogP contribution in [0.5, 0.6) is 0 Å². The average Bonchev–Trinajstić information content (AvgIpc) is 2.81. The van der Waals surface area contributed by atoms with Crippen molar-refractivity contribution in [1.29, 1.82) is 5.26 Å². The number of hydrogen-bond acceptors (Lipinski definition) is 4. The van der Waals surface area contributed by atoms with E-state index in [0.717, 1.165) is 4.90 Å². The van der Waals surface area contributed by atoms with Gasteiger partial charge >= 0.3 is 12.1 Å². The Morgan fingerprint density at radius 2 is 1.76 bits per heavy atom. The molecule has 1 heterocycles. The number of amides is 4. The summed E-state index contributed by atoms with van der Waals surface area (Å²) in [5.41, 5.74) is -0.479. The molecule has 0 bridgehead atoms. The van der Waals surface area contributed by atoms with Crippen molar-refractivity contribution in [2.75, 3.05) is 15.1 Å². The zero-order chi connectivity index (χ0) is 21.5. The highest BCUT2D eigenvalue weighted by atomic mass is 35.5. The summed E-state index contributed by atoms with van der Waals surface area (Å²) in [6, 6.07) is 9.83. The van der Waals surface area contributed by atoms with E-state index in [1.807, 2.05) is 6.07 Å². The van der Waals surface area contributed by atoms with Crippen LogP contribution in [0.25, 0.3) is 0 Å². The molecular weight excluding hydrogens is 419 g/mol. The van der Waals surface area contributed by atoms with Crippen molar-refractivity contribution < 1.29 is 19.5 Å². The molecular formula is C19H14Cl2N4O4. The first kappa shape index (κ1) is 20.5. The molecule has 0 saturated carbocycles. The standard InChI is InChI=1S/C19H14Cl2N4O4/c1-19(2)16(26)24(11-4-3-10(9-22)14(21)7-11)18(29)25(19)12-5-6-13(20)15(8-12)23-17(27)28/h3-8,23H,1-2H3,(H,27,28). The Labute approximate surface area is 175 Å². The number of nitriles is 1. The van der Waals surface area contributed by atoms with Gasteiger partial charge in [0.25, 0.3) is 5.91 Å². The first-order chi connectivity index (χ1) is 13.6. The lowest BCUT2D eigenvalue weighted by Gasteiger charge is -2.28. The number of hydrogen-bond donors (Lipinski definition) is 2. The van der Waals surface area contributed by atoms with Gasteiger partial charge in [-0.25, -0.2) is 14.5 Å². The second-order valence-corrected chi connectivity index (χ2v) is 7.50. The molecule has 4 amide bonds. The molecule has 0 spiro atoms. The predicted molar refractivity (Wildman–Crippen MR) is 109 cm³/mol. The summed E-state index contributed by atoms with van der Waals surface area (Å²) in [6.45, 7) is 3.13. The van der Waals surface area contributed by atoms with Gasteiger partial charge in [0.15, 0.2) is 0 Å². The fraction of sp³-hybridized carbons (Fsp3) is 0.158. The van der Waals surface area contributed by atoms with E-state index in [1.165, 1.54) is 41.3 Å². The van der Waals surface area contributed by atoms with Crippen LogP contribution in [0.15, 0.2) is 36.4 Å². The second kappa shape index (κ2) is 7.28. The molecule has 2 aromatic rings. The summed E-state index contributed by atoms with van der Waals surface area (Å²) in [7, 11) is 0. The first-order valence-corrected chi connectivity index (χ1v) is 9.01. The first-order valence-electron chi connectivity index (χ1n) is 8.26. The number of halogens is 2. The maximum atomic E-state index is 13.2. The fourth-order valence-electron chi connectivity index (χ4n) is 3.05. The van der Waals surface area contributed by atoms with Crippen molar-refractivity contribution >= 4 is 58.3 Å². The molecule has 3 rings (SSSR count). The van der Waals surface area contributed by atoms with Gasteiger partial charge < -0.3 is 5.11 Å². The van der Waals surface area contributed by atoms with E-state index in [1.54, 1.807) is 13.8 Å². The third-order valence-corrected chi connectivity index (χ3v) is 5.09. The lowest BCUT2D eigenvalue weighted by molar-refractivity contribution is -0.120. The smallest absolute Gasteiger partial charge is 0.409 e. The maximum Gasteiger partial charge on any atom is 0.409 e. The van der Waals surface area contributed by atoms with Gasteiger partial charge in [-0.2, -0.15) is 5.26 Å². The fourth-order valence-corrected chi connectivity index (χ4v) is 3.44. The van der Waals surface area contributed by atoms with Gasteiger partial charge in [-0.05, 0) is 50.2 Å². The normalized spacial score (nSPS) is 15.4. The number of nitrogens with one attached hydrogen (secondary N) is 1. The topological polar surface area (TPSA) is 114 Å². The van der Waals surface area contributed by atoms with E-state index in [-0.39, 0.29) is 32.7 Å². The molecule has 0 aliphatic carbocycles. The van der Waals surface area contributed by atoms with Gasteiger partial charge in [0.2, 0.25) is 0 Å². The van der Waals surface area contributed by atoms with Crippen molar-refractivity contribution in [3.63, 3.8) is 0 Å². The quantitative estimate of drug-likeness (QED) is 0.681. The molecule has 0 atom stereocenters. The molecule has 1 aliphatic heterocycles. The highest BCUT2D eigenvalue weighted by Gasteiger charge is 2.52. The summed E-state index contributed by atoms with van der Waals surface area (Å²) in [5, 5.41) is 20.4. The van der Waals surface area contributed by atoms with E-state index >= 15 is 0 Å². The highest BCUT2D eigenvalue weighted by Crippen LogP contribution is 2.39. The zero-order valence-corrected chi connectivity index (χ0v) is 16.7. The van der Waals surface area contributed by atoms with Crippen molar-refractivity contribution in [3.8, 4) is 6.07 Å². The molecule has 1 aliphatic rings. The van der Waals surface area contributed by atoms with E-state index in [0.29, 0.717) is 0 Å². The molecule has 29 heavy (non-hydrogen) atoms. The van der Waals surface area contributed by atoms with Gasteiger partial charge in [0.1, 0.15) is 11.6 Å². The summed E-state index contributed by atoms with van der Waals surface area (Å²) in [4.78, 5) is 39.4. The number of benzene rings is 2. The lowest BCUT2D eigenvalue weighted by atomic mass is 10.0. The predicted octanol–water partition coefficient (Wildman–Crippen LogP) is 4.71. The average molecular weight is 433 g/mol. The van der Waals surface area contributed by atoms with Crippen LogP contribution in [-0.4, -0.2) is 28.7 Å². The molecule has 8 nitrogen and oxygen atoms in total. The molecule has 1 saturated heterocycles. The molecule has 2 aromatic carbocycles. The maximum absolute atomic E-state index is 13.2. The summed E-state index contributed by atoms with van der Waals surface area (Å²) in [6.07, 6.45) is -1.32. The van der Waals surface area contributed by atoms with Crippen molar-refractivity contribution in [2.45, 2.75) is 19.4 Å². The van der Waals surface area contributed by atoms with Crippen molar-refractivity contribution in [3.05, 3.63) is 52.0 Å². The van der Waals surface area contributed by atoms with Crippen LogP contribution in [0.3, 0.4) is 0 Å². The zero-order valence-electron chi connectivity index (χ0n) is 15.2. The van der Waals surface area contributed by atoms with Crippen LogP contribution in [-0.2, 0) is 4.79 Å². The minimum absolute atomic E-state index is 0.0765. The van der Waals surface area contributed by atoms with Gasteiger partial charge in [0, 0.05) is 5.69 Å². The van der Waals surface area contributed by atoms with Gasteiger partial charge in [-0.1, -0.05) is 23.2 Å². The van der Waals surface area contributed by atoms with Gasteiger partial charge in [0.05, 0.1) is 27.0 Å². The van der Waals surface area contributed by atoms with Crippen molar-refractivity contribution in [1.82, 2.24) is 0 Å². The Kier molecular flexibility index (Phi) is 5.13. The van der Waals surface area contributed by atoms with Crippen LogP contribution >= 0.6 is 23.2 Å². The third kappa shape index (κ3) is 3.46. The Morgan fingerprint density at radius 1 is 1.10 bits per heavy atom. The number of nitrogens with zero attached hydrogens (tertiary/aromatic N) is 3. The number of imide groups is 1. The Hall–Kier alpha value is -3.28. The third-order valence-electron chi connectivity index (χ3n) is 4.45. The van der Waals surface area contributed by atoms with Crippen LogP contribution in [0.4, 0.5) is 26.7 Å². The molecule has 0 radical (unpaired) electrons. The number of urea groups is 1. The van der Waals surface area contributed by atoms with Crippen LogP contribution in [0.2, 0.25) is 10.0 Å². The van der Waals surface area contributed by atoms with E-state index in [2.05, 4.69) is 5.32 Å². The molecule has 148 valence electrons. The Morgan fingerprint density at radius 3 is 2.34 bits per heavy atom. The van der Waals surface area contributed by atoms with E-state index in [4.69, 9.17) is 33.6 Å². The second-order valence-electron chi connectivity index (χ2n) is 6.69. The van der Waals surface area contributed by atoms with Crippen molar-refractivity contribution in [2.24, 2.45) is 0 Å². The number of carbonyl (C=O) groups is 3. The summed E-state index contributed by atoms with van der Waals surface area (Å²) < 4.78 is 0. The highest BCUT2D eigenvalue weighted by molar-refractivity contribution is 6.35. The number of rotatable bonds is 3. The monoisotopic (exact) mass is 432 g/mol. The Bertz CT molecular complexity index is 1090. The van der Waals surface area contributed by atoms with Crippen LogP contribution in [0.1, 0.15) is 19.4 Å². The SMILES string of the molecule is CC1(C)C(=O)N(c2ccc(C#N)c(Cl)c2)C(=O)N1c1ccc(Cl)c(NC(=O)O)c1. The van der Waals surface area contributed by atoms with E-state index in [9.17, 15) is 14.4 Å². The molecule has 1 fully saturated rings. The summed E-state index contributed by atoms with van der Waals surface area (Å²) in [5.74, 6) is -0.508. The van der Waals surface area contributed by atoms with E-state index < -0.39 is 23.6 Å². The largest absolute Gasteiger partial charge is 0.465 e. The Balaban J connectivity index is 2.07. The van der Waals surface area contributed by atoms with Gasteiger partial charge in [-0.15, -0.1) is 0 Å². The lowest BCUT2D eigenvalue weighted by Crippen LogP contribution is -2.44. The summed E-state index contributed by atoms with van der Waals surface area (Å²) >= 11 is 12.1. The minimum Gasteiger partial charge on any atom is -0.465 e. The molecule has 2 N–H and O–H groups in total. The number of carbonyl (C=O) groups excluding carboxylic acids is 2. The molecule has 0 unspecified atom stereocenters. The molecule has 0 aromatic heterocycles. The number of anilines is 3.